The maximum Gasteiger partial charge on any atom is 0.353 e. The van der Waals surface area contributed by atoms with Gasteiger partial charge in [-0.25, -0.2) is 4.79 Å². The third-order valence-corrected chi connectivity index (χ3v) is 2.76. The van der Waals surface area contributed by atoms with Crippen LogP contribution in [0.3, 0.4) is 0 Å². The van der Waals surface area contributed by atoms with Crippen LogP contribution in [0.15, 0.2) is 24.3 Å². The van der Waals surface area contributed by atoms with E-state index in [9.17, 15) is 4.79 Å². The molecule has 1 heterocycles. The van der Waals surface area contributed by atoms with E-state index in [1.807, 2.05) is 18.2 Å². The lowest BCUT2D eigenvalue weighted by molar-refractivity contribution is 0.0690. The summed E-state index contributed by atoms with van der Waals surface area (Å²) in [5.74, 6) is -0.352. The van der Waals surface area contributed by atoms with E-state index in [0.717, 1.165) is 17.5 Å². The zero-order valence-electron chi connectivity index (χ0n) is 10.2. The fourth-order valence-electron chi connectivity index (χ4n) is 1.74. The van der Waals surface area contributed by atoms with Crippen LogP contribution in [0.4, 0.5) is 0 Å². The lowest BCUT2D eigenvalue weighted by atomic mass is 10.0. The lowest BCUT2D eigenvalue weighted by Crippen LogP contribution is -1.95. The van der Waals surface area contributed by atoms with E-state index in [0.29, 0.717) is 11.4 Å². The summed E-state index contributed by atoms with van der Waals surface area (Å²) in [6.07, 6.45) is 0.896. The molecule has 2 aromatic rings. The van der Waals surface area contributed by atoms with Crippen molar-refractivity contribution < 1.29 is 14.6 Å². The number of aryl methyl sites for hydroxylation is 1. The molecule has 94 valence electrons. The van der Waals surface area contributed by atoms with Crippen molar-refractivity contribution in [1.29, 1.82) is 0 Å². The number of carboxylic acid groups (broad SMARTS) is 1. The number of ether oxygens (including phenoxy) is 1. The zero-order chi connectivity index (χ0) is 13.1. The van der Waals surface area contributed by atoms with Crippen LogP contribution < -0.4 is 4.74 Å². The summed E-state index contributed by atoms with van der Waals surface area (Å²) in [6, 6.07) is 7.30. The molecule has 5 heteroatoms. The Balaban J connectivity index is 2.50. The Labute approximate surface area is 104 Å². The van der Waals surface area contributed by atoms with Gasteiger partial charge in [0, 0.05) is 5.56 Å². The summed E-state index contributed by atoms with van der Waals surface area (Å²) in [6.45, 7) is 2.05. The van der Waals surface area contributed by atoms with Crippen molar-refractivity contribution in [2.24, 2.45) is 0 Å². The van der Waals surface area contributed by atoms with Gasteiger partial charge >= 0.3 is 5.97 Å². The lowest BCUT2D eigenvalue weighted by Gasteiger charge is -2.07. The molecule has 18 heavy (non-hydrogen) atoms. The van der Waals surface area contributed by atoms with E-state index in [4.69, 9.17) is 9.84 Å². The molecule has 0 atom stereocenters. The summed E-state index contributed by atoms with van der Waals surface area (Å²) in [5.41, 5.74) is 2.57. The highest BCUT2D eigenvalue weighted by Gasteiger charge is 2.13. The Kier molecular flexibility index (Phi) is 3.32. The number of aromatic amines is 1. The average Bonchev–Trinajstić information content (AvgIpc) is 2.87. The van der Waals surface area contributed by atoms with E-state index in [1.54, 1.807) is 7.11 Å². The molecule has 1 aromatic heterocycles. The SMILES string of the molecule is CCc1ccc(OC)c(-c2cc(C(=O)O)[nH]n2)c1. The summed E-state index contributed by atoms with van der Waals surface area (Å²) < 4.78 is 5.27. The number of carboxylic acids is 1. The first kappa shape index (κ1) is 12.2. The molecule has 0 fully saturated rings. The van der Waals surface area contributed by atoms with Gasteiger partial charge in [-0.05, 0) is 30.2 Å². The van der Waals surface area contributed by atoms with Crippen molar-refractivity contribution in [2.45, 2.75) is 13.3 Å². The molecule has 2 N–H and O–H groups in total. The van der Waals surface area contributed by atoms with E-state index >= 15 is 0 Å². The van der Waals surface area contributed by atoms with Gasteiger partial charge in [-0.3, -0.25) is 5.10 Å². The number of hydrogen-bond acceptors (Lipinski definition) is 3. The summed E-state index contributed by atoms with van der Waals surface area (Å²) in [4.78, 5) is 10.8. The van der Waals surface area contributed by atoms with E-state index < -0.39 is 5.97 Å². The monoisotopic (exact) mass is 246 g/mol. The number of H-pyrrole nitrogens is 1. The molecule has 1 aromatic carbocycles. The van der Waals surface area contributed by atoms with Gasteiger partial charge in [-0.15, -0.1) is 0 Å². The van der Waals surface area contributed by atoms with Crippen LogP contribution in [0.1, 0.15) is 23.0 Å². The molecule has 0 aliphatic heterocycles. The Bertz CT molecular complexity index is 575. The third kappa shape index (κ3) is 2.20. The number of rotatable bonds is 4. The van der Waals surface area contributed by atoms with Gasteiger partial charge in [0.15, 0.2) is 0 Å². The highest BCUT2D eigenvalue weighted by molar-refractivity contribution is 5.87. The molecule has 0 aliphatic carbocycles. The first-order valence-corrected chi connectivity index (χ1v) is 5.61. The number of aromatic nitrogens is 2. The second-order valence-electron chi connectivity index (χ2n) is 3.86. The second-order valence-corrected chi connectivity index (χ2v) is 3.86. The Hall–Kier alpha value is -2.30. The number of methoxy groups -OCH3 is 1. The molecular weight excluding hydrogens is 232 g/mol. The molecule has 5 nitrogen and oxygen atoms in total. The van der Waals surface area contributed by atoms with Crippen molar-refractivity contribution >= 4 is 5.97 Å². The second kappa shape index (κ2) is 4.91. The molecule has 0 amide bonds. The van der Waals surface area contributed by atoms with Gasteiger partial charge in [0.1, 0.15) is 11.4 Å². The van der Waals surface area contributed by atoms with Crippen LogP contribution in [0.5, 0.6) is 5.75 Å². The summed E-state index contributed by atoms with van der Waals surface area (Å²) in [5, 5.41) is 15.4. The van der Waals surface area contributed by atoms with Crippen LogP contribution in [0.25, 0.3) is 11.3 Å². The number of hydrogen-bond donors (Lipinski definition) is 2. The fraction of sp³-hybridized carbons (Fsp3) is 0.231. The summed E-state index contributed by atoms with van der Waals surface area (Å²) >= 11 is 0. The Morgan fingerprint density at radius 2 is 2.22 bits per heavy atom. The normalized spacial score (nSPS) is 10.3. The predicted molar refractivity (Wildman–Crippen MR) is 66.9 cm³/mol. The molecule has 0 saturated heterocycles. The third-order valence-electron chi connectivity index (χ3n) is 2.76. The van der Waals surface area contributed by atoms with Gasteiger partial charge in [0.25, 0.3) is 0 Å². The van der Waals surface area contributed by atoms with Crippen molar-refractivity contribution in [3.63, 3.8) is 0 Å². The molecule has 2 rings (SSSR count). The van der Waals surface area contributed by atoms with Crippen molar-refractivity contribution in [2.75, 3.05) is 7.11 Å². The molecule has 0 unspecified atom stereocenters. The van der Waals surface area contributed by atoms with Gasteiger partial charge in [-0.1, -0.05) is 13.0 Å². The number of benzene rings is 1. The quantitative estimate of drug-likeness (QED) is 0.868. The van der Waals surface area contributed by atoms with Gasteiger partial charge in [0.2, 0.25) is 0 Å². The predicted octanol–water partition coefficient (Wildman–Crippen LogP) is 2.35. The van der Waals surface area contributed by atoms with Gasteiger partial charge in [0.05, 0.1) is 12.8 Å². The smallest absolute Gasteiger partial charge is 0.353 e. The minimum absolute atomic E-state index is 0.0638. The van der Waals surface area contributed by atoms with Crippen LogP contribution in [-0.4, -0.2) is 28.4 Å². The first-order chi connectivity index (χ1) is 8.65. The van der Waals surface area contributed by atoms with E-state index in [-0.39, 0.29) is 5.69 Å². The molecule has 0 aliphatic rings. The topological polar surface area (TPSA) is 75.2 Å². The molecule has 0 bridgehead atoms. The highest BCUT2D eigenvalue weighted by atomic mass is 16.5. The Morgan fingerprint density at radius 1 is 1.44 bits per heavy atom. The highest BCUT2D eigenvalue weighted by Crippen LogP contribution is 2.30. The largest absolute Gasteiger partial charge is 0.496 e. The standard InChI is InChI=1S/C13H14N2O3/c1-3-8-4-5-12(18-2)9(6-8)10-7-11(13(16)17)15-14-10/h4-7H,3H2,1-2H3,(H,14,15)(H,16,17). The average molecular weight is 246 g/mol. The van der Waals surface area contributed by atoms with Crippen LogP contribution in [0.2, 0.25) is 0 Å². The number of nitrogens with zero attached hydrogens (tertiary/aromatic N) is 1. The number of carbonyl (C=O) groups is 1. The molecular formula is C13H14N2O3. The zero-order valence-corrected chi connectivity index (χ0v) is 10.2. The Morgan fingerprint density at radius 3 is 2.78 bits per heavy atom. The fourth-order valence-corrected chi connectivity index (χ4v) is 1.74. The van der Waals surface area contributed by atoms with Crippen molar-refractivity contribution in [1.82, 2.24) is 10.2 Å². The van der Waals surface area contributed by atoms with Crippen LogP contribution in [0, 0.1) is 0 Å². The maximum atomic E-state index is 10.8. The maximum absolute atomic E-state index is 10.8. The van der Waals surface area contributed by atoms with Crippen molar-refractivity contribution in [3.05, 3.63) is 35.5 Å². The minimum atomic E-state index is -1.03. The van der Waals surface area contributed by atoms with Crippen molar-refractivity contribution in [3.8, 4) is 17.0 Å². The van der Waals surface area contributed by atoms with Gasteiger partial charge in [-0.2, -0.15) is 5.10 Å². The molecule has 0 spiro atoms. The minimum Gasteiger partial charge on any atom is -0.496 e. The number of aromatic carboxylic acids is 1. The van der Waals surface area contributed by atoms with Crippen LogP contribution in [-0.2, 0) is 6.42 Å². The van der Waals surface area contributed by atoms with E-state index in [2.05, 4.69) is 17.1 Å². The molecule has 0 saturated carbocycles. The van der Waals surface area contributed by atoms with E-state index in [1.165, 1.54) is 6.07 Å². The van der Waals surface area contributed by atoms with Crippen LogP contribution >= 0.6 is 0 Å². The summed E-state index contributed by atoms with van der Waals surface area (Å²) in [7, 11) is 1.58. The first-order valence-electron chi connectivity index (χ1n) is 5.61. The number of nitrogens with one attached hydrogen (secondary N) is 1. The van der Waals surface area contributed by atoms with Gasteiger partial charge < -0.3 is 9.84 Å². The molecule has 0 radical (unpaired) electrons.